The van der Waals surface area contributed by atoms with Crippen molar-refractivity contribution in [3.63, 3.8) is 0 Å². The van der Waals surface area contributed by atoms with Crippen LogP contribution in [0.5, 0.6) is 0 Å². The molecule has 0 aliphatic carbocycles. The van der Waals surface area contributed by atoms with E-state index in [1.165, 1.54) is 6.42 Å². The standard InChI is InChI=1S/C11H20N4O2/c1-9-3-5-15(8-9)11-14-13-10(17-11)7-12-4-6-16-2/h9,12H,3-8H2,1-2H3. The lowest BCUT2D eigenvalue weighted by molar-refractivity contribution is 0.198. The highest BCUT2D eigenvalue weighted by Crippen LogP contribution is 2.21. The Hall–Kier alpha value is -1.14. The third kappa shape index (κ3) is 3.41. The van der Waals surface area contributed by atoms with Crippen LogP contribution in [0.1, 0.15) is 19.2 Å². The summed E-state index contributed by atoms with van der Waals surface area (Å²) in [7, 11) is 1.68. The van der Waals surface area contributed by atoms with Gasteiger partial charge in [-0.25, -0.2) is 0 Å². The van der Waals surface area contributed by atoms with E-state index in [2.05, 4.69) is 27.3 Å². The van der Waals surface area contributed by atoms with E-state index < -0.39 is 0 Å². The highest BCUT2D eigenvalue weighted by atomic mass is 16.5. The van der Waals surface area contributed by atoms with Crippen LogP contribution in [0.2, 0.25) is 0 Å². The van der Waals surface area contributed by atoms with Gasteiger partial charge in [0.15, 0.2) is 0 Å². The SMILES string of the molecule is COCCNCc1nnc(N2CCC(C)C2)o1. The molecule has 2 heterocycles. The lowest BCUT2D eigenvalue weighted by Crippen LogP contribution is -2.19. The van der Waals surface area contributed by atoms with Crippen LogP contribution in [0, 0.1) is 5.92 Å². The number of nitrogens with zero attached hydrogens (tertiary/aromatic N) is 3. The molecule has 1 aliphatic heterocycles. The summed E-state index contributed by atoms with van der Waals surface area (Å²) in [6, 6.07) is 0.651. The van der Waals surface area contributed by atoms with Gasteiger partial charge in [-0.3, -0.25) is 0 Å². The zero-order valence-corrected chi connectivity index (χ0v) is 10.5. The average molecular weight is 240 g/mol. The van der Waals surface area contributed by atoms with Crippen molar-refractivity contribution < 1.29 is 9.15 Å². The van der Waals surface area contributed by atoms with Gasteiger partial charge in [-0.05, 0) is 12.3 Å². The minimum absolute atomic E-state index is 0.597. The Labute approximate surface area is 101 Å². The molecule has 0 aromatic carbocycles. The number of hydrogen-bond acceptors (Lipinski definition) is 6. The predicted molar refractivity (Wildman–Crippen MR) is 63.9 cm³/mol. The number of aromatic nitrogens is 2. The number of hydrogen-bond donors (Lipinski definition) is 1. The Morgan fingerprint density at radius 1 is 1.53 bits per heavy atom. The summed E-state index contributed by atoms with van der Waals surface area (Å²) in [5, 5.41) is 11.3. The van der Waals surface area contributed by atoms with Gasteiger partial charge in [0.05, 0.1) is 13.2 Å². The molecule has 1 unspecified atom stereocenters. The molecule has 1 aromatic heterocycles. The average Bonchev–Trinajstić information content (AvgIpc) is 2.93. The third-order valence-corrected chi connectivity index (χ3v) is 2.91. The monoisotopic (exact) mass is 240 g/mol. The van der Waals surface area contributed by atoms with Gasteiger partial charge < -0.3 is 19.4 Å². The van der Waals surface area contributed by atoms with Crippen molar-refractivity contribution in [3.8, 4) is 0 Å². The van der Waals surface area contributed by atoms with Gasteiger partial charge in [-0.1, -0.05) is 12.0 Å². The normalized spacial score (nSPS) is 20.1. The fourth-order valence-electron chi connectivity index (χ4n) is 1.92. The Bertz CT molecular complexity index is 342. The second-order valence-electron chi connectivity index (χ2n) is 4.49. The van der Waals surface area contributed by atoms with Crippen LogP contribution in [-0.2, 0) is 11.3 Å². The molecule has 6 heteroatoms. The first-order valence-electron chi connectivity index (χ1n) is 6.06. The van der Waals surface area contributed by atoms with Gasteiger partial charge >= 0.3 is 6.01 Å². The molecule has 1 atom stereocenters. The Kier molecular flexibility index (Phi) is 4.33. The Balaban J connectivity index is 1.79. The molecular weight excluding hydrogens is 220 g/mol. The van der Waals surface area contributed by atoms with E-state index in [0.29, 0.717) is 31.0 Å². The zero-order valence-electron chi connectivity index (χ0n) is 10.5. The van der Waals surface area contributed by atoms with E-state index in [4.69, 9.17) is 9.15 Å². The van der Waals surface area contributed by atoms with Crippen LogP contribution < -0.4 is 10.2 Å². The molecule has 1 aliphatic rings. The molecule has 6 nitrogen and oxygen atoms in total. The highest BCUT2D eigenvalue weighted by Gasteiger charge is 2.23. The Morgan fingerprint density at radius 2 is 2.41 bits per heavy atom. The third-order valence-electron chi connectivity index (χ3n) is 2.91. The fourth-order valence-corrected chi connectivity index (χ4v) is 1.92. The molecule has 0 radical (unpaired) electrons. The Morgan fingerprint density at radius 3 is 3.12 bits per heavy atom. The summed E-state index contributed by atoms with van der Waals surface area (Å²) in [4.78, 5) is 2.15. The maximum atomic E-state index is 5.60. The number of ether oxygens (including phenoxy) is 1. The van der Waals surface area contributed by atoms with Crippen molar-refractivity contribution in [2.75, 3.05) is 38.3 Å². The topological polar surface area (TPSA) is 63.4 Å². The summed E-state index contributed by atoms with van der Waals surface area (Å²) in [5.74, 6) is 1.35. The van der Waals surface area contributed by atoms with E-state index in [0.717, 1.165) is 19.6 Å². The minimum Gasteiger partial charge on any atom is -0.407 e. The maximum Gasteiger partial charge on any atom is 0.318 e. The van der Waals surface area contributed by atoms with Crippen molar-refractivity contribution in [1.82, 2.24) is 15.5 Å². The van der Waals surface area contributed by atoms with Gasteiger partial charge in [-0.2, -0.15) is 0 Å². The number of nitrogens with one attached hydrogen (secondary N) is 1. The molecule has 2 rings (SSSR count). The molecule has 1 aromatic rings. The lowest BCUT2D eigenvalue weighted by atomic mass is 10.2. The van der Waals surface area contributed by atoms with E-state index in [9.17, 15) is 0 Å². The lowest BCUT2D eigenvalue weighted by Gasteiger charge is -2.10. The number of methoxy groups -OCH3 is 1. The van der Waals surface area contributed by atoms with E-state index in [-0.39, 0.29) is 0 Å². The fraction of sp³-hybridized carbons (Fsp3) is 0.818. The van der Waals surface area contributed by atoms with Gasteiger partial charge in [-0.15, -0.1) is 5.10 Å². The first-order chi connectivity index (χ1) is 8.29. The molecule has 0 bridgehead atoms. The van der Waals surface area contributed by atoms with Gasteiger partial charge in [0.2, 0.25) is 5.89 Å². The quantitative estimate of drug-likeness (QED) is 0.737. The number of anilines is 1. The molecule has 0 spiro atoms. The molecule has 96 valence electrons. The van der Waals surface area contributed by atoms with Crippen molar-refractivity contribution >= 4 is 6.01 Å². The van der Waals surface area contributed by atoms with Crippen LogP contribution in [-0.4, -0.2) is 43.5 Å². The maximum absolute atomic E-state index is 5.60. The smallest absolute Gasteiger partial charge is 0.318 e. The number of rotatable bonds is 6. The predicted octanol–water partition coefficient (Wildman–Crippen LogP) is 0.652. The molecular formula is C11H20N4O2. The molecule has 1 fully saturated rings. The van der Waals surface area contributed by atoms with Crippen LogP contribution in [0.3, 0.4) is 0 Å². The van der Waals surface area contributed by atoms with E-state index in [1.54, 1.807) is 7.11 Å². The van der Waals surface area contributed by atoms with Crippen LogP contribution in [0.4, 0.5) is 6.01 Å². The van der Waals surface area contributed by atoms with Crippen LogP contribution in [0.15, 0.2) is 4.42 Å². The molecule has 0 saturated carbocycles. The first-order valence-corrected chi connectivity index (χ1v) is 6.06. The van der Waals surface area contributed by atoms with Gasteiger partial charge in [0, 0.05) is 26.7 Å². The highest BCUT2D eigenvalue weighted by molar-refractivity contribution is 5.26. The molecule has 17 heavy (non-hydrogen) atoms. The van der Waals surface area contributed by atoms with Crippen molar-refractivity contribution in [1.29, 1.82) is 0 Å². The first kappa shape index (κ1) is 12.3. The summed E-state index contributed by atoms with van der Waals surface area (Å²) in [6.45, 7) is 6.33. The molecule has 1 N–H and O–H groups in total. The van der Waals surface area contributed by atoms with E-state index >= 15 is 0 Å². The summed E-state index contributed by atoms with van der Waals surface area (Å²) >= 11 is 0. The largest absolute Gasteiger partial charge is 0.407 e. The second-order valence-corrected chi connectivity index (χ2v) is 4.49. The minimum atomic E-state index is 0.597. The van der Waals surface area contributed by atoms with Crippen molar-refractivity contribution in [2.24, 2.45) is 5.92 Å². The summed E-state index contributed by atoms with van der Waals surface area (Å²) in [6.07, 6.45) is 1.20. The molecule has 0 amide bonds. The summed E-state index contributed by atoms with van der Waals surface area (Å²) in [5.41, 5.74) is 0. The zero-order chi connectivity index (χ0) is 12.1. The summed E-state index contributed by atoms with van der Waals surface area (Å²) < 4.78 is 10.5. The van der Waals surface area contributed by atoms with Crippen LogP contribution >= 0.6 is 0 Å². The molecule has 1 saturated heterocycles. The van der Waals surface area contributed by atoms with E-state index in [1.807, 2.05) is 0 Å². The van der Waals surface area contributed by atoms with Crippen LogP contribution in [0.25, 0.3) is 0 Å². The van der Waals surface area contributed by atoms with Gasteiger partial charge in [0.25, 0.3) is 0 Å². The van der Waals surface area contributed by atoms with Crippen molar-refractivity contribution in [3.05, 3.63) is 5.89 Å². The second kappa shape index (κ2) is 5.97. The van der Waals surface area contributed by atoms with Gasteiger partial charge in [0.1, 0.15) is 0 Å². The van der Waals surface area contributed by atoms with Crippen molar-refractivity contribution in [2.45, 2.75) is 19.9 Å².